The number of methoxy groups -OCH3 is 1. The topological polar surface area (TPSA) is 18.5 Å². The van der Waals surface area contributed by atoms with Crippen molar-refractivity contribution < 1.29 is 9.47 Å². The van der Waals surface area contributed by atoms with E-state index < -0.39 is 0 Å². The molecule has 1 rings (SSSR count). The molecule has 0 radical (unpaired) electrons. The van der Waals surface area contributed by atoms with Gasteiger partial charge in [-0.3, -0.25) is 0 Å². The molecule has 0 saturated carbocycles. The quantitative estimate of drug-likeness (QED) is 0.660. The van der Waals surface area contributed by atoms with Gasteiger partial charge in [0.05, 0.1) is 6.10 Å². The lowest BCUT2D eigenvalue weighted by molar-refractivity contribution is -0.237. The molecular weight excluding hydrogens is 164 g/mol. The fourth-order valence-electron chi connectivity index (χ4n) is 2.22. The molecule has 13 heavy (non-hydrogen) atoms. The minimum atomic E-state index is -0.00356. The standard InChI is InChI=1S/C11H22O2/c1-6-10-8(3)7(2)9(4)11(12-5)13-10/h7-11H,6H2,1-5H3/t7-,8-,9+,10+,11+/m0/s1. The molecular formula is C11H22O2. The molecule has 1 heterocycles. The molecule has 78 valence electrons. The molecule has 0 bridgehead atoms. The maximum Gasteiger partial charge on any atom is 0.160 e. The van der Waals surface area contributed by atoms with Crippen molar-refractivity contribution in [3.63, 3.8) is 0 Å². The Morgan fingerprint density at radius 1 is 1.08 bits per heavy atom. The Morgan fingerprint density at radius 3 is 2.15 bits per heavy atom. The van der Waals surface area contributed by atoms with Gasteiger partial charge in [0.25, 0.3) is 0 Å². The van der Waals surface area contributed by atoms with Gasteiger partial charge in [-0.2, -0.15) is 0 Å². The van der Waals surface area contributed by atoms with E-state index in [9.17, 15) is 0 Å². The van der Waals surface area contributed by atoms with E-state index in [0.717, 1.165) is 6.42 Å². The molecule has 0 aromatic heterocycles. The van der Waals surface area contributed by atoms with Crippen molar-refractivity contribution in [2.75, 3.05) is 7.11 Å². The molecule has 1 aliphatic rings. The second-order valence-corrected chi connectivity index (χ2v) is 4.26. The lowest BCUT2D eigenvalue weighted by Gasteiger charge is -2.42. The van der Waals surface area contributed by atoms with E-state index in [4.69, 9.17) is 9.47 Å². The summed E-state index contributed by atoms with van der Waals surface area (Å²) in [5, 5.41) is 0. The third kappa shape index (κ3) is 2.05. The normalized spacial score (nSPS) is 46.4. The van der Waals surface area contributed by atoms with E-state index >= 15 is 0 Å². The summed E-state index contributed by atoms with van der Waals surface area (Å²) < 4.78 is 11.2. The van der Waals surface area contributed by atoms with Crippen molar-refractivity contribution in [1.82, 2.24) is 0 Å². The highest BCUT2D eigenvalue weighted by molar-refractivity contribution is 4.81. The van der Waals surface area contributed by atoms with Crippen LogP contribution in [0.1, 0.15) is 34.1 Å². The molecule has 0 N–H and O–H groups in total. The maximum absolute atomic E-state index is 5.86. The van der Waals surface area contributed by atoms with E-state index in [0.29, 0.717) is 23.9 Å². The lowest BCUT2D eigenvalue weighted by Crippen LogP contribution is -2.45. The fraction of sp³-hybridized carbons (Fsp3) is 1.00. The van der Waals surface area contributed by atoms with Gasteiger partial charge in [-0.25, -0.2) is 0 Å². The zero-order valence-electron chi connectivity index (χ0n) is 9.41. The fourth-order valence-corrected chi connectivity index (χ4v) is 2.22. The van der Waals surface area contributed by atoms with Crippen molar-refractivity contribution in [2.24, 2.45) is 17.8 Å². The summed E-state index contributed by atoms with van der Waals surface area (Å²) in [5.74, 6) is 1.83. The van der Waals surface area contributed by atoms with Gasteiger partial charge < -0.3 is 9.47 Å². The first kappa shape index (κ1) is 11.0. The molecule has 0 aliphatic carbocycles. The van der Waals surface area contributed by atoms with Crippen LogP contribution in [0, 0.1) is 17.8 Å². The van der Waals surface area contributed by atoms with Crippen LogP contribution in [0.3, 0.4) is 0 Å². The molecule has 5 atom stereocenters. The van der Waals surface area contributed by atoms with Crippen LogP contribution in [-0.2, 0) is 9.47 Å². The molecule has 0 aromatic rings. The van der Waals surface area contributed by atoms with Crippen LogP contribution in [0.5, 0.6) is 0 Å². The zero-order valence-corrected chi connectivity index (χ0v) is 9.41. The smallest absolute Gasteiger partial charge is 0.160 e. The van der Waals surface area contributed by atoms with Gasteiger partial charge in [0.15, 0.2) is 6.29 Å². The van der Waals surface area contributed by atoms with Crippen LogP contribution in [0.25, 0.3) is 0 Å². The predicted molar refractivity (Wildman–Crippen MR) is 53.5 cm³/mol. The molecule has 0 unspecified atom stereocenters. The summed E-state index contributed by atoms with van der Waals surface area (Å²) >= 11 is 0. The van der Waals surface area contributed by atoms with Crippen LogP contribution in [-0.4, -0.2) is 19.5 Å². The number of rotatable bonds is 2. The van der Waals surface area contributed by atoms with Gasteiger partial charge in [-0.05, 0) is 18.3 Å². The average molecular weight is 186 g/mol. The van der Waals surface area contributed by atoms with Crippen LogP contribution < -0.4 is 0 Å². The third-order valence-corrected chi connectivity index (χ3v) is 3.62. The molecule has 0 aromatic carbocycles. The minimum Gasteiger partial charge on any atom is -0.356 e. The van der Waals surface area contributed by atoms with E-state index in [-0.39, 0.29) is 6.29 Å². The molecule has 1 aliphatic heterocycles. The van der Waals surface area contributed by atoms with Gasteiger partial charge in [0.2, 0.25) is 0 Å². The third-order valence-electron chi connectivity index (χ3n) is 3.62. The van der Waals surface area contributed by atoms with E-state index in [1.807, 2.05) is 0 Å². The van der Waals surface area contributed by atoms with Crippen molar-refractivity contribution >= 4 is 0 Å². The highest BCUT2D eigenvalue weighted by atomic mass is 16.7. The maximum atomic E-state index is 5.86. The summed E-state index contributed by atoms with van der Waals surface area (Å²) in [6.07, 6.45) is 1.45. The van der Waals surface area contributed by atoms with Gasteiger partial charge in [0.1, 0.15) is 0 Å². The Kier molecular flexibility index (Phi) is 3.74. The van der Waals surface area contributed by atoms with E-state index in [1.165, 1.54) is 0 Å². The molecule has 1 saturated heterocycles. The largest absolute Gasteiger partial charge is 0.356 e. The van der Waals surface area contributed by atoms with Crippen molar-refractivity contribution in [2.45, 2.75) is 46.5 Å². The first-order valence-corrected chi connectivity index (χ1v) is 5.30. The Hall–Kier alpha value is -0.0800. The second-order valence-electron chi connectivity index (χ2n) is 4.26. The van der Waals surface area contributed by atoms with Gasteiger partial charge in [-0.15, -0.1) is 0 Å². The number of hydrogen-bond acceptors (Lipinski definition) is 2. The number of ether oxygens (including phenoxy) is 2. The van der Waals surface area contributed by atoms with Crippen LogP contribution in [0.15, 0.2) is 0 Å². The summed E-state index contributed by atoms with van der Waals surface area (Å²) in [6, 6.07) is 0. The molecule has 2 heteroatoms. The first-order chi connectivity index (χ1) is 6.11. The van der Waals surface area contributed by atoms with Crippen LogP contribution >= 0.6 is 0 Å². The van der Waals surface area contributed by atoms with Crippen LogP contribution in [0.2, 0.25) is 0 Å². The molecule has 0 spiro atoms. The monoisotopic (exact) mass is 186 g/mol. The van der Waals surface area contributed by atoms with Crippen molar-refractivity contribution in [3.05, 3.63) is 0 Å². The molecule has 1 fully saturated rings. The van der Waals surface area contributed by atoms with Gasteiger partial charge in [-0.1, -0.05) is 27.7 Å². The molecule has 2 nitrogen and oxygen atoms in total. The SMILES string of the molecule is CC[C@H]1O[C@@H](OC)[C@H](C)[C@@H](C)[C@@H]1C. The Bertz CT molecular complexity index is 138. The Balaban J connectivity index is 2.66. The highest BCUT2D eigenvalue weighted by Gasteiger charge is 2.38. The zero-order chi connectivity index (χ0) is 10.0. The summed E-state index contributed by atoms with van der Waals surface area (Å²) in [7, 11) is 1.73. The van der Waals surface area contributed by atoms with Gasteiger partial charge >= 0.3 is 0 Å². The number of hydrogen-bond donors (Lipinski definition) is 0. The predicted octanol–water partition coefficient (Wildman–Crippen LogP) is 2.68. The first-order valence-electron chi connectivity index (χ1n) is 5.30. The van der Waals surface area contributed by atoms with Crippen molar-refractivity contribution in [3.8, 4) is 0 Å². The molecule has 0 amide bonds. The Morgan fingerprint density at radius 2 is 1.69 bits per heavy atom. The summed E-state index contributed by atoms with van der Waals surface area (Å²) in [4.78, 5) is 0. The minimum absolute atomic E-state index is 0.00356. The van der Waals surface area contributed by atoms with Gasteiger partial charge in [0, 0.05) is 13.0 Å². The van der Waals surface area contributed by atoms with Crippen molar-refractivity contribution in [1.29, 1.82) is 0 Å². The lowest BCUT2D eigenvalue weighted by atomic mass is 9.78. The second kappa shape index (κ2) is 4.43. The highest BCUT2D eigenvalue weighted by Crippen LogP contribution is 2.36. The average Bonchev–Trinajstić information content (AvgIpc) is 2.15. The Labute approximate surface area is 81.6 Å². The summed E-state index contributed by atoms with van der Waals surface area (Å²) in [5.41, 5.74) is 0. The van der Waals surface area contributed by atoms with Crippen LogP contribution in [0.4, 0.5) is 0 Å². The van der Waals surface area contributed by atoms with E-state index in [1.54, 1.807) is 7.11 Å². The van der Waals surface area contributed by atoms with E-state index in [2.05, 4.69) is 27.7 Å². The summed E-state index contributed by atoms with van der Waals surface area (Å²) in [6.45, 7) is 8.96.